The van der Waals surface area contributed by atoms with Crippen molar-refractivity contribution < 1.29 is 9.53 Å². The number of alkyl halides is 3. The second-order valence-electron chi connectivity index (χ2n) is 2.69. The van der Waals surface area contributed by atoms with Crippen molar-refractivity contribution in [3.05, 3.63) is 12.2 Å². The molecule has 13 heavy (non-hydrogen) atoms. The number of carbonyl (C=O) groups excluding carboxylic acids is 1. The molecule has 0 aromatic heterocycles. The van der Waals surface area contributed by atoms with Crippen LogP contribution in [-0.4, -0.2) is 14.7 Å². The summed E-state index contributed by atoms with van der Waals surface area (Å²) in [4.78, 5) is 11.1. The van der Waals surface area contributed by atoms with Gasteiger partial charge in [0.05, 0.1) is 6.61 Å². The molecule has 0 spiro atoms. The van der Waals surface area contributed by atoms with Gasteiger partial charge in [0.15, 0.2) is 0 Å². The number of esters is 1. The third kappa shape index (κ3) is 7.70. The largest absolute Gasteiger partial charge is 0.463 e. The molecule has 5 heteroatoms. The molecule has 0 bridgehead atoms. The van der Waals surface area contributed by atoms with Crippen LogP contribution in [0.3, 0.4) is 0 Å². The number of ether oxygens (including phenoxy) is 1. The van der Waals surface area contributed by atoms with Crippen molar-refractivity contribution in [3.8, 4) is 0 Å². The molecular formula is C8H11Br3O2. The number of rotatable bonds is 4. The summed E-state index contributed by atoms with van der Waals surface area (Å²) in [6.07, 6.45) is 1.69. The van der Waals surface area contributed by atoms with Gasteiger partial charge in [0.2, 0.25) is 2.14 Å². The van der Waals surface area contributed by atoms with Gasteiger partial charge in [-0.05, 0) is 67.6 Å². The maximum Gasteiger partial charge on any atom is 0.344 e. The van der Waals surface area contributed by atoms with E-state index >= 15 is 0 Å². The third-order valence-electron chi connectivity index (χ3n) is 1.21. The maximum atomic E-state index is 11.1. The van der Waals surface area contributed by atoms with Crippen LogP contribution in [0, 0.1) is 0 Å². The fourth-order valence-corrected chi connectivity index (χ4v) is 0.964. The van der Waals surface area contributed by atoms with E-state index in [0.29, 0.717) is 6.61 Å². The number of carbonyl (C=O) groups is 1. The van der Waals surface area contributed by atoms with E-state index in [4.69, 9.17) is 4.74 Å². The van der Waals surface area contributed by atoms with Crippen molar-refractivity contribution >= 4 is 53.8 Å². The summed E-state index contributed by atoms with van der Waals surface area (Å²) in [6.45, 7) is 6.12. The molecule has 0 fully saturated rings. The molecule has 0 aliphatic heterocycles. The standard InChI is InChI=1S/C8H11Br3O2/c1-6(2)4-3-5-13-7(12)8(9,10)11/h1,3-5H2,2H3. The molecule has 2 nitrogen and oxygen atoms in total. The average Bonchev–Trinajstić information content (AvgIpc) is 1.95. The quantitative estimate of drug-likeness (QED) is 0.322. The van der Waals surface area contributed by atoms with Crippen molar-refractivity contribution in [1.82, 2.24) is 0 Å². The minimum atomic E-state index is -0.948. The summed E-state index contributed by atoms with van der Waals surface area (Å²) in [7, 11) is 0. The minimum absolute atomic E-state index is 0.380. The summed E-state index contributed by atoms with van der Waals surface area (Å²) in [5, 5.41) is 0. The van der Waals surface area contributed by atoms with Crippen LogP contribution >= 0.6 is 47.8 Å². The fraction of sp³-hybridized carbons (Fsp3) is 0.625. The molecule has 0 amide bonds. The lowest BCUT2D eigenvalue weighted by molar-refractivity contribution is -0.141. The Hall–Kier alpha value is 0.650. The zero-order valence-corrected chi connectivity index (χ0v) is 12.0. The van der Waals surface area contributed by atoms with Crippen LogP contribution in [-0.2, 0) is 9.53 Å². The molecule has 0 saturated heterocycles. The Kier molecular flexibility index (Phi) is 6.50. The first-order valence-electron chi connectivity index (χ1n) is 3.72. The zero-order valence-electron chi connectivity index (χ0n) is 7.28. The highest BCUT2D eigenvalue weighted by Gasteiger charge is 2.30. The molecule has 0 unspecified atom stereocenters. The summed E-state index contributed by atoms with van der Waals surface area (Å²) in [5.74, 6) is -0.380. The number of allylic oxidation sites excluding steroid dienone is 1. The van der Waals surface area contributed by atoms with Crippen LogP contribution in [0.2, 0.25) is 0 Å². The van der Waals surface area contributed by atoms with Crippen molar-refractivity contribution in [1.29, 1.82) is 0 Å². The molecule has 0 saturated carbocycles. The highest BCUT2D eigenvalue weighted by Crippen LogP contribution is 2.34. The van der Waals surface area contributed by atoms with Crippen molar-refractivity contribution in [3.63, 3.8) is 0 Å². The van der Waals surface area contributed by atoms with Gasteiger partial charge in [0.1, 0.15) is 0 Å². The summed E-state index contributed by atoms with van der Waals surface area (Å²) in [6, 6.07) is 0. The Bertz CT molecular complexity index is 196. The van der Waals surface area contributed by atoms with Crippen LogP contribution in [0.15, 0.2) is 12.2 Å². The van der Waals surface area contributed by atoms with E-state index in [2.05, 4.69) is 54.4 Å². The highest BCUT2D eigenvalue weighted by molar-refractivity contribution is 9.40. The second kappa shape index (κ2) is 6.19. The fourth-order valence-electron chi connectivity index (χ4n) is 0.621. The third-order valence-corrected chi connectivity index (χ3v) is 2.18. The van der Waals surface area contributed by atoms with Gasteiger partial charge in [-0.2, -0.15) is 0 Å². The smallest absolute Gasteiger partial charge is 0.344 e. The van der Waals surface area contributed by atoms with E-state index in [1.807, 2.05) is 6.92 Å². The van der Waals surface area contributed by atoms with E-state index in [0.717, 1.165) is 18.4 Å². The monoisotopic (exact) mass is 376 g/mol. The first kappa shape index (κ1) is 13.7. The van der Waals surface area contributed by atoms with Gasteiger partial charge in [-0.25, -0.2) is 4.79 Å². The van der Waals surface area contributed by atoms with Crippen LogP contribution in [0.1, 0.15) is 19.8 Å². The van der Waals surface area contributed by atoms with Gasteiger partial charge in [-0.1, -0.05) is 5.57 Å². The average molecular weight is 379 g/mol. The highest BCUT2D eigenvalue weighted by atomic mass is 80.0. The SMILES string of the molecule is C=C(C)CCCOC(=O)C(Br)(Br)Br. The number of hydrogen-bond acceptors (Lipinski definition) is 2. The Morgan fingerprint density at radius 1 is 1.46 bits per heavy atom. The lowest BCUT2D eigenvalue weighted by Gasteiger charge is -2.11. The Morgan fingerprint density at radius 3 is 2.38 bits per heavy atom. The van der Waals surface area contributed by atoms with E-state index in [9.17, 15) is 4.79 Å². The van der Waals surface area contributed by atoms with Crippen LogP contribution in [0.4, 0.5) is 0 Å². The Balaban J connectivity index is 3.55. The molecule has 0 N–H and O–H groups in total. The van der Waals surface area contributed by atoms with Crippen molar-refractivity contribution in [2.24, 2.45) is 0 Å². The first-order valence-corrected chi connectivity index (χ1v) is 6.10. The van der Waals surface area contributed by atoms with E-state index in [1.54, 1.807) is 0 Å². The van der Waals surface area contributed by atoms with Crippen molar-refractivity contribution in [2.45, 2.75) is 21.9 Å². The Morgan fingerprint density at radius 2 is 2.00 bits per heavy atom. The minimum Gasteiger partial charge on any atom is -0.463 e. The molecule has 0 aromatic rings. The van der Waals surface area contributed by atoms with Gasteiger partial charge < -0.3 is 4.74 Å². The summed E-state index contributed by atoms with van der Waals surface area (Å²) < 4.78 is 3.99. The molecule has 0 aromatic carbocycles. The Labute approximate surface area is 103 Å². The van der Waals surface area contributed by atoms with Crippen LogP contribution in [0.5, 0.6) is 0 Å². The lowest BCUT2D eigenvalue weighted by atomic mass is 10.2. The van der Waals surface area contributed by atoms with Gasteiger partial charge >= 0.3 is 5.97 Å². The van der Waals surface area contributed by atoms with Crippen LogP contribution < -0.4 is 0 Å². The summed E-state index contributed by atoms with van der Waals surface area (Å²) >= 11 is 9.20. The van der Waals surface area contributed by atoms with E-state index < -0.39 is 2.14 Å². The van der Waals surface area contributed by atoms with Crippen molar-refractivity contribution in [2.75, 3.05) is 6.61 Å². The molecule has 0 atom stereocenters. The maximum absolute atomic E-state index is 11.1. The molecule has 0 aliphatic rings. The van der Waals surface area contributed by atoms with E-state index in [1.165, 1.54) is 0 Å². The normalized spacial score (nSPS) is 11.1. The second-order valence-corrected chi connectivity index (χ2v) is 9.46. The van der Waals surface area contributed by atoms with Gasteiger partial charge in [0, 0.05) is 0 Å². The topological polar surface area (TPSA) is 26.3 Å². The predicted octanol–water partition coefficient (Wildman–Crippen LogP) is 3.72. The lowest BCUT2D eigenvalue weighted by Crippen LogP contribution is -2.20. The number of hydrogen-bond donors (Lipinski definition) is 0. The molecular weight excluding hydrogens is 368 g/mol. The van der Waals surface area contributed by atoms with Gasteiger partial charge in [-0.3, -0.25) is 0 Å². The van der Waals surface area contributed by atoms with Crippen LogP contribution in [0.25, 0.3) is 0 Å². The first-order chi connectivity index (χ1) is 5.84. The molecule has 0 aliphatic carbocycles. The molecule has 76 valence electrons. The molecule has 0 heterocycles. The predicted molar refractivity (Wildman–Crippen MR) is 64.5 cm³/mol. The zero-order chi connectivity index (χ0) is 10.5. The van der Waals surface area contributed by atoms with E-state index in [-0.39, 0.29) is 5.97 Å². The van der Waals surface area contributed by atoms with Gasteiger partial charge in [0.25, 0.3) is 0 Å². The van der Waals surface area contributed by atoms with Gasteiger partial charge in [-0.15, -0.1) is 6.58 Å². The number of halogens is 3. The summed E-state index contributed by atoms with van der Waals surface area (Å²) in [5.41, 5.74) is 1.10. The molecule has 0 radical (unpaired) electrons. The molecule has 0 rings (SSSR count).